The zero-order valence-electron chi connectivity index (χ0n) is 12.2. The zero-order chi connectivity index (χ0) is 17.7. The van der Waals surface area contributed by atoms with Crippen LogP contribution in [0.15, 0.2) is 48.5 Å². The Labute approximate surface area is 140 Å². The van der Waals surface area contributed by atoms with Gasteiger partial charge in [-0.3, -0.25) is 9.59 Å². The van der Waals surface area contributed by atoms with Gasteiger partial charge in [0.2, 0.25) is 0 Å². The van der Waals surface area contributed by atoms with E-state index in [0.29, 0.717) is 10.6 Å². The lowest BCUT2D eigenvalue weighted by molar-refractivity contribution is -0.137. The molecule has 2 amide bonds. The number of carbonyl (C=O) groups is 2. The van der Waals surface area contributed by atoms with E-state index in [2.05, 4.69) is 10.6 Å². The normalized spacial score (nSPS) is 11.0. The minimum Gasteiger partial charge on any atom is -0.344 e. The summed E-state index contributed by atoms with van der Waals surface area (Å²) in [6.45, 7) is 0.0649. The van der Waals surface area contributed by atoms with Gasteiger partial charge in [-0.05, 0) is 35.9 Å². The highest BCUT2D eigenvalue weighted by molar-refractivity contribution is 6.39. The van der Waals surface area contributed by atoms with Crippen LogP contribution in [0.2, 0.25) is 5.02 Å². The van der Waals surface area contributed by atoms with Gasteiger partial charge in [-0.15, -0.1) is 0 Å². The van der Waals surface area contributed by atoms with E-state index in [0.717, 1.165) is 18.2 Å². The van der Waals surface area contributed by atoms with Gasteiger partial charge in [-0.2, -0.15) is 13.2 Å². The van der Waals surface area contributed by atoms with Crippen molar-refractivity contribution in [3.8, 4) is 0 Å². The number of benzene rings is 2. The molecule has 126 valence electrons. The Kier molecular flexibility index (Phi) is 5.46. The molecule has 0 aliphatic heterocycles. The molecule has 2 aromatic rings. The minimum atomic E-state index is -4.53. The number of hydrogen-bond acceptors (Lipinski definition) is 2. The number of nitrogens with one attached hydrogen (secondary N) is 2. The average Bonchev–Trinajstić information content (AvgIpc) is 2.52. The molecule has 2 rings (SSSR count). The highest BCUT2D eigenvalue weighted by Crippen LogP contribution is 2.30. The predicted octanol–water partition coefficient (Wildman–Crippen LogP) is 3.61. The third kappa shape index (κ3) is 4.99. The molecule has 0 atom stereocenters. The molecule has 0 fully saturated rings. The first-order valence-electron chi connectivity index (χ1n) is 6.76. The van der Waals surface area contributed by atoms with E-state index in [1.165, 1.54) is 6.07 Å². The smallest absolute Gasteiger partial charge is 0.344 e. The van der Waals surface area contributed by atoms with Crippen LogP contribution in [0.1, 0.15) is 11.1 Å². The van der Waals surface area contributed by atoms with Crippen molar-refractivity contribution in [2.75, 3.05) is 5.32 Å². The van der Waals surface area contributed by atoms with Crippen LogP contribution in [0, 0.1) is 0 Å². The molecule has 0 saturated carbocycles. The fraction of sp³-hybridized carbons (Fsp3) is 0.125. The Morgan fingerprint density at radius 2 is 1.71 bits per heavy atom. The molecular weight excluding hydrogens is 345 g/mol. The number of amides is 2. The number of carbonyl (C=O) groups excluding carboxylic acids is 2. The summed E-state index contributed by atoms with van der Waals surface area (Å²) in [6, 6.07) is 10.7. The van der Waals surface area contributed by atoms with Crippen LogP contribution in [0.3, 0.4) is 0 Å². The molecule has 0 bridgehead atoms. The molecule has 4 nitrogen and oxygen atoms in total. The second-order valence-electron chi connectivity index (χ2n) is 4.85. The van der Waals surface area contributed by atoms with E-state index in [1.807, 2.05) is 0 Å². The molecule has 0 spiro atoms. The van der Waals surface area contributed by atoms with Crippen LogP contribution in [0.25, 0.3) is 0 Å². The zero-order valence-corrected chi connectivity index (χ0v) is 12.9. The molecule has 0 saturated heterocycles. The molecular formula is C16H12ClF3N2O2. The van der Waals surface area contributed by atoms with E-state index in [4.69, 9.17) is 11.6 Å². The monoisotopic (exact) mass is 356 g/mol. The fourth-order valence-corrected chi connectivity index (χ4v) is 2.08. The summed E-state index contributed by atoms with van der Waals surface area (Å²) in [4.78, 5) is 23.4. The lowest BCUT2D eigenvalue weighted by Gasteiger charge is -2.10. The highest BCUT2D eigenvalue weighted by atomic mass is 35.5. The standard InChI is InChI=1S/C16H12ClF3N2O2/c17-12-5-1-3-10(7-12)9-21-14(23)15(24)22-13-6-2-4-11(8-13)16(18,19)20/h1-8H,9H2,(H,21,23)(H,22,24). The van der Waals surface area contributed by atoms with Crippen LogP contribution >= 0.6 is 11.6 Å². The van der Waals surface area contributed by atoms with Crippen LogP contribution in [0.4, 0.5) is 18.9 Å². The number of rotatable bonds is 3. The maximum absolute atomic E-state index is 12.6. The quantitative estimate of drug-likeness (QED) is 0.825. The van der Waals surface area contributed by atoms with Gasteiger partial charge >= 0.3 is 18.0 Å². The van der Waals surface area contributed by atoms with Crippen molar-refractivity contribution in [2.45, 2.75) is 12.7 Å². The van der Waals surface area contributed by atoms with Crippen LogP contribution in [-0.4, -0.2) is 11.8 Å². The Hall–Kier alpha value is -2.54. The molecule has 0 aliphatic rings. The van der Waals surface area contributed by atoms with Gasteiger partial charge in [0.1, 0.15) is 0 Å². The number of anilines is 1. The van der Waals surface area contributed by atoms with Crippen LogP contribution in [-0.2, 0) is 22.3 Å². The van der Waals surface area contributed by atoms with E-state index in [1.54, 1.807) is 24.3 Å². The van der Waals surface area contributed by atoms with Gasteiger partial charge in [0.25, 0.3) is 0 Å². The third-order valence-electron chi connectivity index (χ3n) is 3.00. The first kappa shape index (κ1) is 17.8. The van der Waals surface area contributed by atoms with Gasteiger partial charge in [0.15, 0.2) is 0 Å². The predicted molar refractivity (Wildman–Crippen MR) is 83.4 cm³/mol. The molecule has 0 heterocycles. The van der Waals surface area contributed by atoms with E-state index < -0.39 is 23.6 Å². The summed E-state index contributed by atoms with van der Waals surface area (Å²) in [5.41, 5.74) is -0.352. The van der Waals surface area contributed by atoms with Gasteiger partial charge in [-0.25, -0.2) is 0 Å². The second-order valence-corrected chi connectivity index (χ2v) is 5.28. The number of alkyl halides is 3. The lowest BCUT2D eigenvalue weighted by atomic mass is 10.2. The van der Waals surface area contributed by atoms with Crippen molar-refractivity contribution < 1.29 is 22.8 Å². The third-order valence-corrected chi connectivity index (χ3v) is 3.23. The SMILES string of the molecule is O=C(NCc1cccc(Cl)c1)C(=O)Nc1cccc(C(F)(F)F)c1. The molecule has 2 N–H and O–H groups in total. The summed E-state index contributed by atoms with van der Waals surface area (Å²) in [5, 5.41) is 4.97. The van der Waals surface area contributed by atoms with E-state index >= 15 is 0 Å². The molecule has 0 unspecified atom stereocenters. The Morgan fingerprint density at radius 1 is 1.00 bits per heavy atom. The first-order chi connectivity index (χ1) is 11.3. The van der Waals surface area contributed by atoms with Crippen molar-refractivity contribution in [1.29, 1.82) is 0 Å². The summed E-state index contributed by atoms with van der Waals surface area (Å²) in [5.74, 6) is -2.02. The van der Waals surface area contributed by atoms with Crippen molar-refractivity contribution in [3.05, 3.63) is 64.7 Å². The minimum absolute atomic E-state index is 0.0649. The van der Waals surface area contributed by atoms with Gasteiger partial charge < -0.3 is 10.6 Å². The number of hydrogen-bond donors (Lipinski definition) is 2. The van der Waals surface area contributed by atoms with Crippen molar-refractivity contribution in [3.63, 3.8) is 0 Å². The topological polar surface area (TPSA) is 58.2 Å². The summed E-state index contributed by atoms with van der Waals surface area (Å²) >= 11 is 5.80. The molecule has 0 aliphatic carbocycles. The van der Waals surface area contributed by atoms with Crippen molar-refractivity contribution >= 4 is 29.1 Å². The van der Waals surface area contributed by atoms with Crippen LogP contribution < -0.4 is 10.6 Å². The van der Waals surface area contributed by atoms with Gasteiger partial charge in [0, 0.05) is 17.3 Å². The Bertz CT molecular complexity index is 763. The maximum atomic E-state index is 12.6. The van der Waals surface area contributed by atoms with Gasteiger partial charge in [0.05, 0.1) is 5.56 Å². The highest BCUT2D eigenvalue weighted by Gasteiger charge is 2.30. The van der Waals surface area contributed by atoms with Crippen molar-refractivity contribution in [2.24, 2.45) is 0 Å². The largest absolute Gasteiger partial charge is 0.416 e. The molecule has 0 aromatic heterocycles. The average molecular weight is 357 g/mol. The molecule has 8 heteroatoms. The first-order valence-corrected chi connectivity index (χ1v) is 7.14. The Morgan fingerprint density at radius 3 is 2.38 bits per heavy atom. The fourth-order valence-electron chi connectivity index (χ4n) is 1.87. The van der Waals surface area contributed by atoms with Crippen molar-refractivity contribution in [1.82, 2.24) is 5.32 Å². The molecule has 0 radical (unpaired) electrons. The number of halogens is 4. The molecule has 2 aromatic carbocycles. The maximum Gasteiger partial charge on any atom is 0.416 e. The van der Waals surface area contributed by atoms with Gasteiger partial charge in [-0.1, -0.05) is 29.8 Å². The summed E-state index contributed by atoms with van der Waals surface area (Å²) in [6.07, 6.45) is -4.53. The van der Waals surface area contributed by atoms with E-state index in [-0.39, 0.29) is 12.2 Å². The lowest BCUT2D eigenvalue weighted by Crippen LogP contribution is -2.35. The Balaban J connectivity index is 1.95. The van der Waals surface area contributed by atoms with Crippen LogP contribution in [0.5, 0.6) is 0 Å². The summed E-state index contributed by atoms with van der Waals surface area (Å²) in [7, 11) is 0. The second kappa shape index (κ2) is 7.35. The van der Waals surface area contributed by atoms with E-state index in [9.17, 15) is 22.8 Å². The molecule has 24 heavy (non-hydrogen) atoms. The summed E-state index contributed by atoms with van der Waals surface area (Å²) < 4.78 is 37.8.